The Morgan fingerprint density at radius 1 is 1.28 bits per heavy atom. The lowest BCUT2D eigenvalue weighted by Crippen LogP contribution is -2.15. The van der Waals surface area contributed by atoms with Gasteiger partial charge in [0.15, 0.2) is 0 Å². The zero-order chi connectivity index (χ0) is 12.4. The summed E-state index contributed by atoms with van der Waals surface area (Å²) in [6.07, 6.45) is 4.18. The lowest BCUT2D eigenvalue weighted by molar-refractivity contribution is 0.605. The van der Waals surface area contributed by atoms with Gasteiger partial charge in [0.05, 0.1) is 11.7 Å². The van der Waals surface area contributed by atoms with Crippen LogP contribution in [0, 0.1) is 0 Å². The summed E-state index contributed by atoms with van der Waals surface area (Å²) in [6, 6.07) is 10.5. The maximum absolute atomic E-state index is 4.67. The third kappa shape index (κ3) is 2.44. The normalized spacial score (nSPS) is 19.1. The average molecular weight is 304 g/mol. The summed E-state index contributed by atoms with van der Waals surface area (Å²) in [5.74, 6) is 0.907. The van der Waals surface area contributed by atoms with Crippen molar-refractivity contribution in [2.24, 2.45) is 0 Å². The molecule has 18 heavy (non-hydrogen) atoms. The van der Waals surface area contributed by atoms with Crippen molar-refractivity contribution >= 4 is 15.9 Å². The quantitative estimate of drug-likeness (QED) is 0.925. The molecular weight excluding hydrogens is 290 g/mol. The van der Waals surface area contributed by atoms with Crippen molar-refractivity contribution in [2.45, 2.75) is 18.9 Å². The van der Waals surface area contributed by atoms with E-state index in [4.69, 9.17) is 0 Å². The molecule has 2 heterocycles. The second-order valence-electron chi connectivity index (χ2n) is 4.46. The van der Waals surface area contributed by atoms with Crippen molar-refractivity contribution in [2.75, 3.05) is 6.54 Å². The number of benzene rings is 1. The summed E-state index contributed by atoms with van der Waals surface area (Å²) in [6.45, 7) is 1.06. The fourth-order valence-corrected chi connectivity index (χ4v) is 2.65. The summed E-state index contributed by atoms with van der Waals surface area (Å²) in [5.41, 5.74) is 2.10. The molecule has 1 N–H and O–H groups in total. The van der Waals surface area contributed by atoms with Crippen LogP contribution in [0.3, 0.4) is 0 Å². The van der Waals surface area contributed by atoms with Crippen LogP contribution in [0.1, 0.15) is 24.7 Å². The zero-order valence-corrected chi connectivity index (χ0v) is 11.5. The number of hydrogen-bond acceptors (Lipinski definition) is 3. The highest BCUT2D eigenvalue weighted by atomic mass is 79.9. The van der Waals surface area contributed by atoms with Crippen molar-refractivity contribution in [3.8, 4) is 11.3 Å². The first-order valence-electron chi connectivity index (χ1n) is 6.15. The largest absolute Gasteiger partial charge is 0.307 e. The second-order valence-corrected chi connectivity index (χ2v) is 5.38. The van der Waals surface area contributed by atoms with Gasteiger partial charge in [-0.05, 0) is 37.6 Å². The van der Waals surface area contributed by atoms with Crippen molar-refractivity contribution in [3.63, 3.8) is 0 Å². The van der Waals surface area contributed by atoms with Crippen molar-refractivity contribution in [1.82, 2.24) is 15.3 Å². The van der Waals surface area contributed by atoms with E-state index in [9.17, 15) is 0 Å². The smallest absolute Gasteiger partial charge is 0.145 e. The van der Waals surface area contributed by atoms with Crippen molar-refractivity contribution < 1.29 is 0 Å². The SMILES string of the molecule is Brc1cccc(-c2ccnc(C3CCCN3)n2)c1. The van der Waals surface area contributed by atoms with Gasteiger partial charge in [0, 0.05) is 16.2 Å². The fourth-order valence-electron chi connectivity index (χ4n) is 2.26. The number of nitrogens with zero attached hydrogens (tertiary/aromatic N) is 2. The first-order valence-corrected chi connectivity index (χ1v) is 6.94. The number of aromatic nitrogens is 2. The molecule has 0 aliphatic carbocycles. The molecule has 1 aliphatic rings. The minimum atomic E-state index is 0.317. The molecule has 1 saturated heterocycles. The van der Waals surface area contributed by atoms with E-state index in [2.05, 4.69) is 43.3 Å². The Bertz CT molecular complexity index is 550. The van der Waals surface area contributed by atoms with E-state index in [1.807, 2.05) is 24.4 Å². The highest BCUT2D eigenvalue weighted by Crippen LogP contribution is 2.24. The van der Waals surface area contributed by atoms with Crippen LogP contribution < -0.4 is 5.32 Å². The molecule has 0 saturated carbocycles. The van der Waals surface area contributed by atoms with E-state index >= 15 is 0 Å². The van der Waals surface area contributed by atoms with E-state index in [1.54, 1.807) is 0 Å². The van der Waals surface area contributed by atoms with Gasteiger partial charge < -0.3 is 5.32 Å². The van der Waals surface area contributed by atoms with E-state index in [0.717, 1.165) is 34.5 Å². The first kappa shape index (κ1) is 11.8. The number of rotatable bonds is 2. The number of hydrogen-bond donors (Lipinski definition) is 1. The highest BCUT2D eigenvalue weighted by Gasteiger charge is 2.19. The van der Waals surface area contributed by atoms with Crippen LogP contribution in [0.5, 0.6) is 0 Å². The predicted molar refractivity (Wildman–Crippen MR) is 75.1 cm³/mol. The highest BCUT2D eigenvalue weighted by molar-refractivity contribution is 9.10. The third-order valence-corrected chi connectivity index (χ3v) is 3.66. The molecule has 92 valence electrons. The minimum absolute atomic E-state index is 0.317. The lowest BCUT2D eigenvalue weighted by atomic mass is 10.1. The van der Waals surface area contributed by atoms with Gasteiger partial charge in [-0.15, -0.1) is 0 Å². The van der Waals surface area contributed by atoms with Gasteiger partial charge in [0.25, 0.3) is 0 Å². The van der Waals surface area contributed by atoms with Gasteiger partial charge in [-0.2, -0.15) is 0 Å². The van der Waals surface area contributed by atoms with Crippen LogP contribution in [0.2, 0.25) is 0 Å². The van der Waals surface area contributed by atoms with Crippen molar-refractivity contribution in [1.29, 1.82) is 0 Å². The average Bonchev–Trinajstić information content (AvgIpc) is 2.93. The van der Waals surface area contributed by atoms with Gasteiger partial charge in [-0.1, -0.05) is 28.1 Å². The molecule has 0 spiro atoms. The van der Waals surface area contributed by atoms with Gasteiger partial charge in [-0.25, -0.2) is 9.97 Å². The van der Waals surface area contributed by atoms with Crippen LogP contribution in [-0.2, 0) is 0 Å². The van der Waals surface area contributed by atoms with E-state index < -0.39 is 0 Å². The standard InChI is InChI=1S/C14H14BrN3/c15-11-4-1-3-10(9-11)12-6-8-17-14(18-12)13-5-2-7-16-13/h1,3-4,6,8-9,13,16H,2,5,7H2. The van der Waals surface area contributed by atoms with Gasteiger partial charge in [0.2, 0.25) is 0 Å². The van der Waals surface area contributed by atoms with Crippen LogP contribution >= 0.6 is 15.9 Å². The fraction of sp³-hybridized carbons (Fsp3) is 0.286. The Balaban J connectivity index is 1.95. The third-order valence-electron chi connectivity index (χ3n) is 3.17. The Morgan fingerprint density at radius 2 is 2.22 bits per heavy atom. The summed E-state index contributed by atoms with van der Waals surface area (Å²) in [5, 5.41) is 3.43. The van der Waals surface area contributed by atoms with Gasteiger partial charge in [0.1, 0.15) is 5.82 Å². The molecule has 1 aromatic carbocycles. The molecule has 1 atom stereocenters. The summed E-state index contributed by atoms with van der Waals surface area (Å²) >= 11 is 3.49. The number of nitrogens with one attached hydrogen (secondary N) is 1. The molecule has 0 radical (unpaired) electrons. The molecule has 4 heteroatoms. The van der Waals surface area contributed by atoms with Gasteiger partial charge in [-0.3, -0.25) is 0 Å². The molecule has 3 nitrogen and oxygen atoms in total. The molecule has 1 fully saturated rings. The van der Waals surface area contributed by atoms with Crippen LogP contribution in [0.4, 0.5) is 0 Å². The molecule has 0 amide bonds. The summed E-state index contributed by atoms with van der Waals surface area (Å²) in [7, 11) is 0. The monoisotopic (exact) mass is 303 g/mol. The molecule has 2 aromatic rings. The molecule has 1 aromatic heterocycles. The molecule has 1 aliphatic heterocycles. The second kappa shape index (κ2) is 5.16. The number of halogens is 1. The van der Waals surface area contributed by atoms with Gasteiger partial charge >= 0.3 is 0 Å². The van der Waals surface area contributed by atoms with E-state index in [1.165, 1.54) is 6.42 Å². The van der Waals surface area contributed by atoms with E-state index in [0.29, 0.717) is 6.04 Å². The first-order chi connectivity index (χ1) is 8.83. The zero-order valence-electron chi connectivity index (χ0n) is 9.94. The van der Waals surface area contributed by atoms with Crippen molar-refractivity contribution in [3.05, 3.63) is 46.8 Å². The predicted octanol–water partition coefficient (Wildman–Crippen LogP) is 3.33. The summed E-state index contributed by atoms with van der Waals surface area (Å²) in [4.78, 5) is 9.06. The maximum Gasteiger partial charge on any atom is 0.145 e. The van der Waals surface area contributed by atoms with Crippen LogP contribution in [0.15, 0.2) is 41.0 Å². The van der Waals surface area contributed by atoms with Crippen LogP contribution in [-0.4, -0.2) is 16.5 Å². The Labute approximate surface area is 115 Å². The van der Waals surface area contributed by atoms with E-state index in [-0.39, 0.29) is 0 Å². The Morgan fingerprint density at radius 3 is 3.00 bits per heavy atom. The topological polar surface area (TPSA) is 37.8 Å². The molecule has 1 unspecified atom stereocenters. The minimum Gasteiger partial charge on any atom is -0.307 e. The summed E-state index contributed by atoms with van der Waals surface area (Å²) < 4.78 is 1.07. The lowest BCUT2D eigenvalue weighted by Gasteiger charge is -2.10. The molecule has 0 bridgehead atoms. The van der Waals surface area contributed by atoms with Crippen LogP contribution in [0.25, 0.3) is 11.3 Å². The molecule has 3 rings (SSSR count). The molecular formula is C14H14BrN3. The Kier molecular flexibility index (Phi) is 3.39. The maximum atomic E-state index is 4.67. The Hall–Kier alpha value is -1.26.